The van der Waals surface area contributed by atoms with Crippen molar-refractivity contribution in [2.45, 2.75) is 19.5 Å². The topological polar surface area (TPSA) is 103 Å². The molecular weight excluding hydrogens is 532 g/mol. The molecule has 0 radical (unpaired) electrons. The third kappa shape index (κ3) is 8.42. The zero-order valence-corrected chi connectivity index (χ0v) is 23.8. The highest BCUT2D eigenvalue weighted by molar-refractivity contribution is 5.89. The number of aryl methyl sites for hydroxylation is 1. The monoisotopic (exact) mass is 568 g/mol. The molecule has 1 saturated heterocycles. The van der Waals surface area contributed by atoms with E-state index in [9.17, 15) is 9.59 Å². The van der Waals surface area contributed by atoms with Gasteiger partial charge >= 0.3 is 11.9 Å². The second-order valence-corrected chi connectivity index (χ2v) is 9.99. The average Bonchev–Trinajstić information content (AvgIpc) is 3.38. The molecule has 1 aliphatic heterocycles. The fraction of sp³-hybridized carbons (Fsp3) is 0.235. The second kappa shape index (κ2) is 14.8. The maximum atomic E-state index is 9.55. The van der Waals surface area contributed by atoms with Gasteiger partial charge in [-0.15, -0.1) is 0 Å². The van der Waals surface area contributed by atoms with Crippen molar-refractivity contribution in [2.24, 2.45) is 0 Å². The number of ether oxygens (including phenoxy) is 1. The minimum Gasteiger partial charge on any atom is -0.497 e. The molecule has 0 atom stereocenters. The van der Waals surface area contributed by atoms with E-state index in [4.69, 9.17) is 19.4 Å². The first-order valence-electron chi connectivity index (χ1n) is 13.8. The largest absolute Gasteiger partial charge is 0.497 e. The van der Waals surface area contributed by atoms with Crippen LogP contribution in [0, 0.1) is 6.92 Å². The molecule has 8 heteroatoms. The third-order valence-electron chi connectivity index (χ3n) is 7.13. The summed E-state index contributed by atoms with van der Waals surface area (Å²) in [5.74, 6) is 0.318. The molecule has 218 valence electrons. The Kier molecular flexibility index (Phi) is 10.7. The van der Waals surface area contributed by atoms with Crippen LogP contribution in [-0.2, 0) is 16.1 Å². The summed E-state index contributed by atoms with van der Waals surface area (Å²) in [4.78, 5) is 24.2. The standard InChI is InChI=1S/C30H32N2O2.C4H4O4/c1-23-21-28(24-13-15-27(33-2)16-14-24)34-29(23)22-31-17-19-32(20-18-31)30(25-9-5-3-6-10-25)26-11-7-4-8-12-26;5-3(6)1-2-4(7)8/h3-16,21,30H,17-20,22H2,1-2H3;1-2H,(H,5,6)(H,7,8). The normalized spacial score (nSPS) is 14.0. The number of furan rings is 1. The number of aliphatic carboxylic acids is 2. The van der Waals surface area contributed by atoms with Crippen molar-refractivity contribution < 1.29 is 29.0 Å². The zero-order chi connectivity index (χ0) is 29.9. The van der Waals surface area contributed by atoms with E-state index in [0.717, 1.165) is 55.6 Å². The Morgan fingerprint density at radius 2 is 1.36 bits per heavy atom. The molecule has 42 heavy (non-hydrogen) atoms. The molecule has 2 heterocycles. The van der Waals surface area contributed by atoms with E-state index in [1.807, 2.05) is 24.3 Å². The highest BCUT2D eigenvalue weighted by atomic mass is 16.5. The summed E-state index contributed by atoms with van der Waals surface area (Å²) in [5.41, 5.74) is 4.99. The van der Waals surface area contributed by atoms with Crippen molar-refractivity contribution in [3.63, 3.8) is 0 Å². The number of carbonyl (C=O) groups is 2. The van der Waals surface area contributed by atoms with Crippen molar-refractivity contribution >= 4 is 11.9 Å². The molecule has 1 aliphatic rings. The maximum Gasteiger partial charge on any atom is 0.328 e. The zero-order valence-electron chi connectivity index (χ0n) is 23.8. The van der Waals surface area contributed by atoms with E-state index in [1.165, 1.54) is 16.7 Å². The highest BCUT2D eigenvalue weighted by Gasteiger charge is 2.27. The van der Waals surface area contributed by atoms with Crippen LogP contribution in [0.5, 0.6) is 5.75 Å². The third-order valence-corrected chi connectivity index (χ3v) is 7.13. The number of piperazine rings is 1. The number of nitrogens with zero attached hydrogens (tertiary/aromatic N) is 2. The first-order valence-corrected chi connectivity index (χ1v) is 13.8. The number of carboxylic acids is 2. The van der Waals surface area contributed by atoms with Gasteiger partial charge in [0.05, 0.1) is 19.7 Å². The van der Waals surface area contributed by atoms with E-state index in [0.29, 0.717) is 12.2 Å². The molecule has 3 aromatic carbocycles. The summed E-state index contributed by atoms with van der Waals surface area (Å²) in [6, 6.07) is 32.2. The number of rotatable bonds is 9. The lowest BCUT2D eigenvalue weighted by atomic mass is 9.96. The van der Waals surface area contributed by atoms with Gasteiger partial charge in [-0.25, -0.2) is 9.59 Å². The van der Waals surface area contributed by atoms with Gasteiger partial charge in [0.15, 0.2) is 0 Å². The summed E-state index contributed by atoms with van der Waals surface area (Å²) in [6.45, 7) is 7.08. The van der Waals surface area contributed by atoms with Crippen LogP contribution >= 0.6 is 0 Å². The first kappa shape index (κ1) is 30.3. The molecule has 8 nitrogen and oxygen atoms in total. The molecule has 1 aromatic heterocycles. The van der Waals surface area contributed by atoms with Crippen molar-refractivity contribution in [3.8, 4) is 17.1 Å². The predicted octanol–water partition coefficient (Wildman–Crippen LogP) is 5.88. The van der Waals surface area contributed by atoms with Crippen LogP contribution in [0.15, 0.2) is 108 Å². The van der Waals surface area contributed by atoms with Crippen molar-refractivity contribution in [3.05, 3.63) is 126 Å². The second-order valence-electron chi connectivity index (χ2n) is 9.99. The molecule has 2 N–H and O–H groups in total. The predicted molar refractivity (Wildman–Crippen MR) is 161 cm³/mol. The smallest absolute Gasteiger partial charge is 0.328 e. The van der Waals surface area contributed by atoms with Gasteiger partial charge in [0, 0.05) is 43.9 Å². The maximum absolute atomic E-state index is 9.55. The van der Waals surface area contributed by atoms with Crippen molar-refractivity contribution in [1.82, 2.24) is 9.80 Å². The van der Waals surface area contributed by atoms with E-state index >= 15 is 0 Å². The molecule has 5 rings (SSSR count). The van der Waals surface area contributed by atoms with E-state index in [-0.39, 0.29) is 6.04 Å². The lowest BCUT2D eigenvalue weighted by Gasteiger charge is -2.39. The van der Waals surface area contributed by atoms with Crippen LogP contribution in [0.1, 0.15) is 28.5 Å². The summed E-state index contributed by atoms with van der Waals surface area (Å²) < 4.78 is 11.6. The van der Waals surface area contributed by atoms with Gasteiger partial charge in [0.2, 0.25) is 0 Å². The molecule has 0 saturated carbocycles. The minimum atomic E-state index is -1.26. The van der Waals surface area contributed by atoms with Crippen LogP contribution in [0.2, 0.25) is 0 Å². The fourth-order valence-electron chi connectivity index (χ4n) is 4.98. The summed E-state index contributed by atoms with van der Waals surface area (Å²) in [7, 11) is 1.69. The number of hydrogen-bond donors (Lipinski definition) is 2. The first-order chi connectivity index (χ1) is 20.3. The Morgan fingerprint density at radius 1 is 0.833 bits per heavy atom. The lowest BCUT2D eigenvalue weighted by molar-refractivity contribution is -0.134. The van der Waals surface area contributed by atoms with Crippen LogP contribution in [0.25, 0.3) is 11.3 Å². The Balaban J connectivity index is 0.000000446. The highest BCUT2D eigenvalue weighted by Crippen LogP contribution is 2.31. The van der Waals surface area contributed by atoms with Gasteiger partial charge in [-0.1, -0.05) is 60.7 Å². The lowest BCUT2D eigenvalue weighted by Crippen LogP contribution is -2.47. The number of carboxylic acid groups (broad SMARTS) is 2. The molecular formula is C34H36N2O6. The van der Waals surface area contributed by atoms with E-state index in [1.54, 1.807) is 7.11 Å². The molecule has 0 amide bonds. The molecule has 0 aliphatic carbocycles. The summed E-state index contributed by atoms with van der Waals surface area (Å²) in [6.07, 6.45) is 1.12. The van der Waals surface area contributed by atoms with Crippen LogP contribution in [-0.4, -0.2) is 65.2 Å². The van der Waals surface area contributed by atoms with Gasteiger partial charge in [0.1, 0.15) is 17.3 Å². The number of methoxy groups -OCH3 is 1. The van der Waals surface area contributed by atoms with E-state index in [2.05, 4.69) is 83.5 Å². The SMILES string of the molecule is COc1ccc(-c2cc(C)c(CN3CCN(C(c4ccccc4)c4ccccc4)CC3)o2)cc1.O=C(O)C=CC(=O)O. The summed E-state index contributed by atoms with van der Waals surface area (Å²) in [5, 5.41) is 15.6. The van der Waals surface area contributed by atoms with Crippen LogP contribution in [0.4, 0.5) is 0 Å². The van der Waals surface area contributed by atoms with Gasteiger partial charge in [-0.3, -0.25) is 9.80 Å². The number of benzene rings is 3. The Bertz CT molecular complexity index is 1400. The van der Waals surface area contributed by atoms with Crippen LogP contribution < -0.4 is 4.74 Å². The molecule has 0 spiro atoms. The van der Waals surface area contributed by atoms with Gasteiger partial charge < -0.3 is 19.4 Å². The fourth-order valence-corrected chi connectivity index (χ4v) is 4.98. The van der Waals surface area contributed by atoms with Gasteiger partial charge in [-0.05, 0) is 53.9 Å². The molecule has 4 aromatic rings. The Labute approximate surface area is 246 Å². The van der Waals surface area contributed by atoms with E-state index < -0.39 is 11.9 Å². The van der Waals surface area contributed by atoms with Gasteiger partial charge in [-0.2, -0.15) is 0 Å². The minimum absolute atomic E-state index is 0.288. The average molecular weight is 569 g/mol. The van der Waals surface area contributed by atoms with Crippen LogP contribution in [0.3, 0.4) is 0 Å². The van der Waals surface area contributed by atoms with Crippen molar-refractivity contribution in [2.75, 3.05) is 33.3 Å². The number of hydrogen-bond acceptors (Lipinski definition) is 6. The molecule has 0 unspecified atom stereocenters. The Hall–Kier alpha value is -4.66. The van der Waals surface area contributed by atoms with Crippen molar-refractivity contribution in [1.29, 1.82) is 0 Å². The molecule has 0 bridgehead atoms. The molecule has 1 fully saturated rings. The summed E-state index contributed by atoms with van der Waals surface area (Å²) >= 11 is 0. The van der Waals surface area contributed by atoms with Gasteiger partial charge in [0.25, 0.3) is 0 Å². The quantitative estimate of drug-likeness (QED) is 0.241. The Morgan fingerprint density at radius 3 is 1.83 bits per heavy atom.